The number of unbranched alkanes of at least 4 members (excludes halogenated alkanes) is 1. The lowest BCUT2D eigenvalue weighted by atomic mass is 10.1. The summed E-state index contributed by atoms with van der Waals surface area (Å²) in [6.07, 6.45) is 4.40. The Hall–Kier alpha value is -4.30. The van der Waals surface area contributed by atoms with Crippen molar-refractivity contribution in [2.24, 2.45) is 0 Å². The zero-order chi connectivity index (χ0) is 29.3. The number of carbonyl (C=O) groups excluding carboxylic acids is 2. The number of aryl methyl sites for hydroxylation is 1. The number of carbonyl (C=O) groups is 2. The fourth-order valence-corrected chi connectivity index (χ4v) is 5.09. The van der Waals surface area contributed by atoms with Gasteiger partial charge < -0.3 is 14.8 Å². The summed E-state index contributed by atoms with van der Waals surface area (Å²) in [5, 5.41) is 3.34. The summed E-state index contributed by atoms with van der Waals surface area (Å²) in [6.45, 7) is 3.57. The molecule has 0 saturated heterocycles. The van der Waals surface area contributed by atoms with E-state index in [-0.39, 0.29) is 5.91 Å². The van der Waals surface area contributed by atoms with Crippen LogP contribution in [0, 0.1) is 0 Å². The lowest BCUT2D eigenvalue weighted by molar-refractivity contribution is 0.0984. The van der Waals surface area contributed by atoms with Gasteiger partial charge in [0, 0.05) is 36.6 Å². The number of para-hydroxylation sites is 1. The fraction of sp³-hybridized carbons (Fsp3) is 0.303. The lowest BCUT2D eigenvalue weighted by Crippen LogP contribution is -2.34. The van der Waals surface area contributed by atoms with E-state index in [1.165, 1.54) is 0 Å². The largest absolute Gasteiger partial charge is 0.457 e. The van der Waals surface area contributed by atoms with Crippen LogP contribution < -0.4 is 19.7 Å². The molecule has 8 nitrogen and oxygen atoms in total. The molecular formula is C33H35ClN4O4. The molecule has 0 saturated carbocycles. The van der Waals surface area contributed by atoms with Crippen LogP contribution in [0.15, 0.2) is 78.9 Å². The van der Waals surface area contributed by atoms with Crippen molar-refractivity contribution in [3.63, 3.8) is 0 Å². The van der Waals surface area contributed by atoms with Gasteiger partial charge >= 0.3 is 6.09 Å². The first kappa shape index (κ1) is 29.2. The van der Waals surface area contributed by atoms with Gasteiger partial charge in [-0.2, -0.15) is 0 Å². The molecule has 1 aliphatic heterocycles. The van der Waals surface area contributed by atoms with Crippen LogP contribution in [-0.2, 0) is 19.4 Å². The summed E-state index contributed by atoms with van der Waals surface area (Å²) in [7, 11) is 0. The maximum absolute atomic E-state index is 13.7. The molecule has 1 aliphatic rings. The van der Waals surface area contributed by atoms with Crippen molar-refractivity contribution in [2.45, 2.75) is 52.0 Å². The van der Waals surface area contributed by atoms with Gasteiger partial charge in [0.2, 0.25) is 5.88 Å². The number of rotatable bonds is 11. The fourth-order valence-electron chi connectivity index (χ4n) is 4.90. The predicted octanol–water partition coefficient (Wildman–Crippen LogP) is 7.44. The minimum absolute atomic E-state index is 0.230. The van der Waals surface area contributed by atoms with Crippen molar-refractivity contribution in [3.05, 3.63) is 101 Å². The highest BCUT2D eigenvalue weighted by Gasteiger charge is 2.30. The van der Waals surface area contributed by atoms with E-state index in [9.17, 15) is 9.59 Å². The highest BCUT2D eigenvalue weighted by Crippen LogP contribution is 2.34. The number of nitrogens with one attached hydrogen (secondary N) is 1. The van der Waals surface area contributed by atoms with E-state index in [0.717, 1.165) is 55.0 Å². The zero-order valence-electron chi connectivity index (χ0n) is 23.7. The number of fused-ring (bicyclic) bond motifs is 1. The minimum atomic E-state index is -0.584. The Balaban J connectivity index is 1.27. The number of imidazole rings is 1. The Kier molecular flexibility index (Phi) is 9.77. The van der Waals surface area contributed by atoms with Crippen LogP contribution in [0.2, 0.25) is 5.02 Å². The van der Waals surface area contributed by atoms with Gasteiger partial charge in [-0.25, -0.2) is 9.78 Å². The predicted molar refractivity (Wildman–Crippen MR) is 164 cm³/mol. The lowest BCUT2D eigenvalue weighted by Gasteiger charge is -2.22. The number of ether oxygens (including phenoxy) is 2. The Morgan fingerprint density at radius 1 is 1.00 bits per heavy atom. The van der Waals surface area contributed by atoms with Crippen molar-refractivity contribution in [3.8, 4) is 17.4 Å². The molecule has 0 aliphatic carbocycles. The van der Waals surface area contributed by atoms with Crippen LogP contribution >= 0.6 is 11.6 Å². The number of halogens is 1. The summed E-state index contributed by atoms with van der Waals surface area (Å²) in [5.41, 5.74) is 1.51. The molecule has 0 unspecified atom stereocenters. The summed E-state index contributed by atoms with van der Waals surface area (Å²) in [5.74, 6) is 2.78. The Morgan fingerprint density at radius 3 is 2.55 bits per heavy atom. The molecule has 2 amide bonds. The number of anilines is 1. The molecule has 9 heteroatoms. The van der Waals surface area contributed by atoms with Crippen LogP contribution in [0.4, 0.5) is 10.6 Å². The van der Waals surface area contributed by atoms with Gasteiger partial charge in [0.1, 0.15) is 17.3 Å². The van der Waals surface area contributed by atoms with Gasteiger partial charge in [-0.3, -0.25) is 14.3 Å². The first-order valence-corrected chi connectivity index (χ1v) is 14.8. The summed E-state index contributed by atoms with van der Waals surface area (Å²) >= 11 is 6.19. The number of hydrogen-bond donors (Lipinski definition) is 1. The van der Waals surface area contributed by atoms with E-state index in [1.807, 2.05) is 59.2 Å². The SMILES string of the molecule is CCCCN(C(=O)c1cccc(Cl)c1)c1nc2n(c1OC(=O)NCCc1ccc(Oc3ccccc3)cc1)CCCC2. The molecule has 218 valence electrons. The average molecular weight is 587 g/mol. The van der Waals surface area contributed by atoms with Crippen LogP contribution in [0.5, 0.6) is 17.4 Å². The zero-order valence-corrected chi connectivity index (χ0v) is 24.5. The molecule has 3 aromatic carbocycles. The van der Waals surface area contributed by atoms with E-state index in [2.05, 4.69) is 12.2 Å². The van der Waals surface area contributed by atoms with Crippen molar-refractivity contribution in [1.82, 2.24) is 14.9 Å². The Bertz CT molecular complexity index is 1500. The normalized spacial score (nSPS) is 12.3. The molecule has 0 spiro atoms. The number of nitrogens with zero attached hydrogens (tertiary/aromatic N) is 3. The highest BCUT2D eigenvalue weighted by atomic mass is 35.5. The molecule has 0 bridgehead atoms. The highest BCUT2D eigenvalue weighted by molar-refractivity contribution is 6.31. The van der Waals surface area contributed by atoms with Crippen molar-refractivity contribution in [1.29, 1.82) is 0 Å². The van der Waals surface area contributed by atoms with Gasteiger partial charge in [-0.15, -0.1) is 0 Å². The molecule has 2 heterocycles. The van der Waals surface area contributed by atoms with Crippen molar-refractivity contribution < 1.29 is 19.1 Å². The number of hydrogen-bond acceptors (Lipinski definition) is 5. The quantitative estimate of drug-likeness (QED) is 0.197. The second kappa shape index (κ2) is 14.0. The molecule has 0 fully saturated rings. The number of aromatic nitrogens is 2. The van der Waals surface area contributed by atoms with E-state index in [1.54, 1.807) is 29.2 Å². The maximum Gasteiger partial charge on any atom is 0.414 e. The molecule has 4 aromatic rings. The van der Waals surface area contributed by atoms with E-state index < -0.39 is 6.09 Å². The van der Waals surface area contributed by atoms with E-state index in [4.69, 9.17) is 26.1 Å². The molecule has 1 aromatic heterocycles. The third-order valence-corrected chi connectivity index (χ3v) is 7.33. The smallest absolute Gasteiger partial charge is 0.414 e. The molecule has 0 atom stereocenters. The monoisotopic (exact) mass is 586 g/mol. The summed E-state index contributed by atoms with van der Waals surface area (Å²) in [4.78, 5) is 33.1. The Morgan fingerprint density at radius 2 is 1.79 bits per heavy atom. The molecular weight excluding hydrogens is 552 g/mol. The van der Waals surface area contributed by atoms with Crippen LogP contribution in [0.1, 0.15) is 54.4 Å². The van der Waals surface area contributed by atoms with Crippen LogP contribution in [-0.4, -0.2) is 34.6 Å². The molecule has 0 radical (unpaired) electrons. The van der Waals surface area contributed by atoms with Crippen molar-refractivity contribution in [2.75, 3.05) is 18.0 Å². The minimum Gasteiger partial charge on any atom is -0.457 e. The second-order valence-corrected chi connectivity index (χ2v) is 10.6. The van der Waals surface area contributed by atoms with Crippen LogP contribution in [0.25, 0.3) is 0 Å². The Labute approximate surface area is 251 Å². The van der Waals surface area contributed by atoms with Crippen molar-refractivity contribution >= 4 is 29.4 Å². The van der Waals surface area contributed by atoms with E-state index in [0.29, 0.717) is 48.3 Å². The standard InChI is InChI=1S/C33H35ClN4O4/c1-2-3-21-38(31(39)25-10-9-11-26(34)23-25)30-32(37-22-8-7-14-29(37)36-30)42-33(40)35-20-19-24-15-17-28(18-16-24)41-27-12-5-4-6-13-27/h4-6,9-13,15-18,23H,2-3,7-8,14,19-22H2,1H3,(H,35,40). The molecule has 42 heavy (non-hydrogen) atoms. The van der Waals surface area contributed by atoms with Crippen LogP contribution in [0.3, 0.4) is 0 Å². The second-order valence-electron chi connectivity index (χ2n) is 10.2. The summed E-state index contributed by atoms with van der Waals surface area (Å²) < 4.78 is 13.7. The first-order valence-electron chi connectivity index (χ1n) is 14.5. The maximum atomic E-state index is 13.7. The third-order valence-electron chi connectivity index (χ3n) is 7.10. The van der Waals surface area contributed by atoms with E-state index >= 15 is 0 Å². The van der Waals surface area contributed by atoms with Gasteiger partial charge in [0.15, 0.2) is 5.82 Å². The first-order chi connectivity index (χ1) is 20.5. The van der Waals surface area contributed by atoms with Gasteiger partial charge in [-0.1, -0.05) is 61.3 Å². The third kappa shape index (κ3) is 7.31. The molecule has 1 N–H and O–H groups in total. The number of benzene rings is 3. The summed E-state index contributed by atoms with van der Waals surface area (Å²) in [6, 6.07) is 24.2. The van der Waals surface area contributed by atoms with Gasteiger partial charge in [0.25, 0.3) is 5.91 Å². The number of amides is 2. The van der Waals surface area contributed by atoms with Gasteiger partial charge in [-0.05, 0) is 73.7 Å². The van der Waals surface area contributed by atoms with Gasteiger partial charge in [0.05, 0.1) is 0 Å². The average Bonchev–Trinajstić information content (AvgIpc) is 3.36. The topological polar surface area (TPSA) is 85.7 Å². The molecule has 5 rings (SSSR count).